The number of aliphatic hydroxyl groups is 1. The number of hydrogen-bond donors (Lipinski definition) is 1. The van der Waals surface area contributed by atoms with E-state index in [-0.39, 0.29) is 6.42 Å². The molecule has 1 N–H and O–H groups in total. The SMILES string of the molecule is OC1(CCC(F)(F)F)CCCN(Cc2ccccc2)C1. The van der Waals surface area contributed by atoms with Gasteiger partial charge in [-0.3, -0.25) is 4.90 Å². The zero-order valence-corrected chi connectivity index (χ0v) is 11.4. The highest BCUT2D eigenvalue weighted by Gasteiger charge is 2.37. The Bertz CT molecular complexity index is 421. The van der Waals surface area contributed by atoms with E-state index in [9.17, 15) is 18.3 Å². The van der Waals surface area contributed by atoms with Crippen molar-refractivity contribution in [2.24, 2.45) is 0 Å². The first-order chi connectivity index (χ1) is 9.36. The van der Waals surface area contributed by atoms with Gasteiger partial charge in [0.2, 0.25) is 0 Å². The number of alkyl halides is 3. The van der Waals surface area contributed by atoms with Gasteiger partial charge in [0, 0.05) is 19.5 Å². The van der Waals surface area contributed by atoms with E-state index >= 15 is 0 Å². The van der Waals surface area contributed by atoms with Crippen LogP contribution in [0.1, 0.15) is 31.2 Å². The third-order valence-corrected chi connectivity index (χ3v) is 3.76. The van der Waals surface area contributed by atoms with Gasteiger partial charge in [0.05, 0.1) is 5.60 Å². The number of piperidine rings is 1. The van der Waals surface area contributed by atoms with Crippen molar-refractivity contribution in [1.82, 2.24) is 4.90 Å². The third kappa shape index (κ3) is 4.80. The monoisotopic (exact) mass is 287 g/mol. The first-order valence-corrected chi connectivity index (χ1v) is 6.92. The van der Waals surface area contributed by atoms with Crippen LogP contribution in [0.5, 0.6) is 0 Å². The summed E-state index contributed by atoms with van der Waals surface area (Å²) in [6.45, 7) is 1.82. The molecular weight excluding hydrogens is 267 g/mol. The van der Waals surface area contributed by atoms with Crippen LogP contribution in [0.25, 0.3) is 0 Å². The van der Waals surface area contributed by atoms with Gasteiger partial charge in [-0.15, -0.1) is 0 Å². The van der Waals surface area contributed by atoms with E-state index in [1.165, 1.54) is 0 Å². The van der Waals surface area contributed by atoms with Crippen molar-refractivity contribution in [3.05, 3.63) is 35.9 Å². The summed E-state index contributed by atoms with van der Waals surface area (Å²) in [6, 6.07) is 9.79. The molecule has 1 aliphatic heterocycles. The Morgan fingerprint density at radius 3 is 2.55 bits per heavy atom. The molecule has 0 bridgehead atoms. The fraction of sp³-hybridized carbons (Fsp3) is 0.600. The summed E-state index contributed by atoms with van der Waals surface area (Å²) in [7, 11) is 0. The largest absolute Gasteiger partial charge is 0.389 e. The molecular formula is C15H20F3NO. The van der Waals surface area contributed by atoms with Gasteiger partial charge in [-0.25, -0.2) is 0 Å². The van der Waals surface area contributed by atoms with E-state index in [0.29, 0.717) is 19.5 Å². The van der Waals surface area contributed by atoms with Crippen LogP contribution in [-0.2, 0) is 6.54 Å². The number of likely N-dealkylation sites (tertiary alicyclic amines) is 1. The van der Waals surface area contributed by atoms with Crippen molar-refractivity contribution < 1.29 is 18.3 Å². The van der Waals surface area contributed by atoms with E-state index in [1.54, 1.807) is 0 Å². The van der Waals surface area contributed by atoms with Gasteiger partial charge in [-0.05, 0) is 31.4 Å². The van der Waals surface area contributed by atoms with E-state index in [1.807, 2.05) is 35.2 Å². The summed E-state index contributed by atoms with van der Waals surface area (Å²) < 4.78 is 36.9. The molecule has 1 aromatic rings. The fourth-order valence-corrected chi connectivity index (χ4v) is 2.76. The minimum atomic E-state index is -4.20. The molecule has 5 heteroatoms. The molecule has 112 valence electrons. The number of β-amino-alcohol motifs (C(OH)–C–C–N with tert-alkyl or cyclic N) is 1. The molecule has 0 aromatic heterocycles. The number of hydrogen-bond acceptors (Lipinski definition) is 2. The van der Waals surface area contributed by atoms with E-state index < -0.39 is 18.2 Å². The second-order valence-corrected chi connectivity index (χ2v) is 5.64. The van der Waals surface area contributed by atoms with Gasteiger partial charge in [-0.1, -0.05) is 30.3 Å². The molecule has 0 spiro atoms. The molecule has 1 fully saturated rings. The van der Waals surface area contributed by atoms with Crippen LogP contribution < -0.4 is 0 Å². The number of rotatable bonds is 4. The lowest BCUT2D eigenvalue weighted by atomic mass is 9.88. The maximum absolute atomic E-state index is 12.3. The second-order valence-electron chi connectivity index (χ2n) is 5.64. The second kappa shape index (κ2) is 6.14. The Balaban J connectivity index is 1.90. The van der Waals surface area contributed by atoms with E-state index in [0.717, 1.165) is 18.5 Å². The summed E-state index contributed by atoms with van der Waals surface area (Å²) in [4.78, 5) is 2.04. The Labute approximate surface area is 117 Å². The van der Waals surface area contributed by atoms with Crippen molar-refractivity contribution in [3.63, 3.8) is 0 Å². The first kappa shape index (κ1) is 15.3. The fourth-order valence-electron chi connectivity index (χ4n) is 2.76. The molecule has 1 saturated heterocycles. The number of benzene rings is 1. The van der Waals surface area contributed by atoms with Crippen molar-refractivity contribution in [2.75, 3.05) is 13.1 Å². The molecule has 20 heavy (non-hydrogen) atoms. The van der Waals surface area contributed by atoms with E-state index in [4.69, 9.17) is 0 Å². The zero-order valence-electron chi connectivity index (χ0n) is 11.4. The predicted molar refractivity (Wildman–Crippen MR) is 71.2 cm³/mol. The van der Waals surface area contributed by atoms with Crippen LogP contribution in [0.4, 0.5) is 13.2 Å². The lowest BCUT2D eigenvalue weighted by Crippen LogP contribution is -2.48. The molecule has 1 atom stereocenters. The van der Waals surface area contributed by atoms with Gasteiger partial charge in [0.15, 0.2) is 0 Å². The van der Waals surface area contributed by atoms with Crippen LogP contribution in [0.3, 0.4) is 0 Å². The average molecular weight is 287 g/mol. The van der Waals surface area contributed by atoms with Gasteiger partial charge < -0.3 is 5.11 Å². The highest BCUT2D eigenvalue weighted by Crippen LogP contribution is 2.31. The van der Waals surface area contributed by atoms with Crippen molar-refractivity contribution in [1.29, 1.82) is 0 Å². The molecule has 2 rings (SSSR count). The quantitative estimate of drug-likeness (QED) is 0.918. The molecule has 0 amide bonds. The summed E-state index contributed by atoms with van der Waals surface area (Å²) >= 11 is 0. The Hall–Kier alpha value is -1.07. The molecule has 1 aromatic carbocycles. The smallest absolute Gasteiger partial charge is 0.389 e. The lowest BCUT2D eigenvalue weighted by Gasteiger charge is -2.39. The summed E-state index contributed by atoms with van der Waals surface area (Å²) in [5.41, 5.74) is -0.0877. The first-order valence-electron chi connectivity index (χ1n) is 6.92. The molecule has 0 saturated carbocycles. The summed E-state index contributed by atoms with van der Waals surface area (Å²) in [5, 5.41) is 10.3. The van der Waals surface area contributed by atoms with Crippen LogP contribution in [0.15, 0.2) is 30.3 Å². The van der Waals surface area contributed by atoms with Crippen LogP contribution in [-0.4, -0.2) is 34.9 Å². The molecule has 2 nitrogen and oxygen atoms in total. The van der Waals surface area contributed by atoms with Crippen molar-refractivity contribution in [3.8, 4) is 0 Å². The molecule has 1 unspecified atom stereocenters. The highest BCUT2D eigenvalue weighted by atomic mass is 19.4. The molecule has 0 aliphatic carbocycles. The maximum Gasteiger partial charge on any atom is 0.389 e. The predicted octanol–water partition coefficient (Wildman–Crippen LogP) is 3.36. The summed E-state index contributed by atoms with van der Waals surface area (Å²) in [6.07, 6.45) is -4.13. The Kier molecular flexibility index (Phi) is 4.70. The van der Waals surface area contributed by atoms with Gasteiger partial charge >= 0.3 is 6.18 Å². The third-order valence-electron chi connectivity index (χ3n) is 3.76. The van der Waals surface area contributed by atoms with E-state index in [2.05, 4.69) is 0 Å². The minimum Gasteiger partial charge on any atom is -0.389 e. The standard InChI is InChI=1S/C15H20F3NO/c16-15(17,18)9-8-14(20)7-4-10-19(12-14)11-13-5-2-1-3-6-13/h1-3,5-6,20H,4,7-12H2. The summed E-state index contributed by atoms with van der Waals surface area (Å²) in [5.74, 6) is 0. The van der Waals surface area contributed by atoms with Gasteiger partial charge in [0.1, 0.15) is 0 Å². The zero-order chi connectivity index (χ0) is 14.6. The normalized spacial score (nSPS) is 24.8. The molecule has 1 aliphatic rings. The highest BCUT2D eigenvalue weighted by molar-refractivity contribution is 5.14. The number of nitrogens with zero attached hydrogens (tertiary/aromatic N) is 1. The average Bonchev–Trinajstić information content (AvgIpc) is 2.37. The van der Waals surface area contributed by atoms with Gasteiger partial charge in [-0.2, -0.15) is 13.2 Å². The molecule has 1 heterocycles. The maximum atomic E-state index is 12.3. The molecule has 0 radical (unpaired) electrons. The number of halogens is 3. The van der Waals surface area contributed by atoms with Crippen LogP contribution >= 0.6 is 0 Å². The minimum absolute atomic E-state index is 0.207. The van der Waals surface area contributed by atoms with Crippen molar-refractivity contribution in [2.45, 2.75) is 44.0 Å². The Morgan fingerprint density at radius 1 is 1.20 bits per heavy atom. The van der Waals surface area contributed by atoms with Gasteiger partial charge in [0.25, 0.3) is 0 Å². The van der Waals surface area contributed by atoms with Crippen LogP contribution in [0, 0.1) is 0 Å². The lowest BCUT2D eigenvalue weighted by molar-refractivity contribution is -0.151. The van der Waals surface area contributed by atoms with Crippen molar-refractivity contribution >= 4 is 0 Å². The van der Waals surface area contributed by atoms with Crippen LogP contribution in [0.2, 0.25) is 0 Å². The Morgan fingerprint density at radius 2 is 1.90 bits per heavy atom. The topological polar surface area (TPSA) is 23.5 Å².